The number of carbonyl (C=O) groups is 2. The highest BCUT2D eigenvalue weighted by Gasteiger charge is 2.11. The van der Waals surface area contributed by atoms with Gasteiger partial charge in [-0.25, -0.2) is 0 Å². The minimum atomic E-state index is -0.219. The van der Waals surface area contributed by atoms with E-state index in [0.717, 1.165) is 11.1 Å². The number of nitrogens with one attached hydrogen (secondary N) is 2. The Hall–Kier alpha value is -3.67. The SMILES string of the molecule is COc1ccccc1CC(=O)Nc1ccccc1CNC(=O)c1cccnc1. The molecule has 0 aliphatic rings. The number of para-hydroxylation sites is 2. The molecule has 6 heteroatoms. The molecule has 28 heavy (non-hydrogen) atoms. The summed E-state index contributed by atoms with van der Waals surface area (Å²) in [6.07, 6.45) is 3.32. The first-order chi connectivity index (χ1) is 13.7. The molecule has 0 aliphatic carbocycles. The second kappa shape index (κ2) is 9.32. The van der Waals surface area contributed by atoms with E-state index in [-0.39, 0.29) is 18.2 Å². The number of aromatic nitrogens is 1. The van der Waals surface area contributed by atoms with Crippen LogP contribution in [0.25, 0.3) is 0 Å². The molecule has 1 heterocycles. The zero-order valence-electron chi connectivity index (χ0n) is 15.5. The molecule has 0 aliphatic heterocycles. The zero-order chi connectivity index (χ0) is 19.8. The number of carbonyl (C=O) groups excluding carboxylic acids is 2. The van der Waals surface area contributed by atoms with Crippen molar-refractivity contribution in [3.8, 4) is 5.75 Å². The summed E-state index contributed by atoms with van der Waals surface area (Å²) < 4.78 is 5.29. The van der Waals surface area contributed by atoms with Gasteiger partial charge >= 0.3 is 0 Å². The van der Waals surface area contributed by atoms with Gasteiger partial charge in [0.1, 0.15) is 5.75 Å². The average molecular weight is 375 g/mol. The molecule has 3 rings (SSSR count). The summed E-state index contributed by atoms with van der Waals surface area (Å²) >= 11 is 0. The summed E-state index contributed by atoms with van der Waals surface area (Å²) in [5.41, 5.74) is 2.77. The van der Waals surface area contributed by atoms with Gasteiger partial charge in [0.05, 0.1) is 19.1 Å². The third-order valence-electron chi connectivity index (χ3n) is 4.20. The minimum Gasteiger partial charge on any atom is -0.496 e. The van der Waals surface area contributed by atoms with Gasteiger partial charge < -0.3 is 15.4 Å². The molecule has 3 aromatic rings. The van der Waals surface area contributed by atoms with E-state index in [2.05, 4.69) is 15.6 Å². The minimum absolute atomic E-state index is 0.157. The van der Waals surface area contributed by atoms with Crippen molar-refractivity contribution >= 4 is 17.5 Å². The predicted octanol–water partition coefficient (Wildman–Crippen LogP) is 3.20. The first-order valence-corrected chi connectivity index (χ1v) is 8.85. The van der Waals surface area contributed by atoms with Crippen LogP contribution in [0.1, 0.15) is 21.5 Å². The lowest BCUT2D eigenvalue weighted by Crippen LogP contribution is -2.24. The summed E-state index contributed by atoms with van der Waals surface area (Å²) in [5, 5.41) is 5.76. The van der Waals surface area contributed by atoms with E-state index in [1.807, 2.05) is 48.5 Å². The van der Waals surface area contributed by atoms with Crippen LogP contribution in [0.3, 0.4) is 0 Å². The van der Waals surface area contributed by atoms with Crippen LogP contribution >= 0.6 is 0 Å². The molecule has 0 spiro atoms. The smallest absolute Gasteiger partial charge is 0.253 e. The molecule has 142 valence electrons. The van der Waals surface area contributed by atoms with Crippen molar-refractivity contribution in [1.29, 1.82) is 0 Å². The van der Waals surface area contributed by atoms with Gasteiger partial charge in [0.15, 0.2) is 0 Å². The number of rotatable bonds is 7. The number of benzene rings is 2. The highest BCUT2D eigenvalue weighted by Crippen LogP contribution is 2.20. The van der Waals surface area contributed by atoms with Gasteiger partial charge in [0.25, 0.3) is 5.91 Å². The standard InChI is InChI=1S/C22H21N3O3/c1-28-20-11-5-3-7-16(20)13-21(26)25-19-10-4-2-8-17(19)15-24-22(27)18-9-6-12-23-14-18/h2-12,14H,13,15H2,1H3,(H,24,27)(H,25,26). The highest BCUT2D eigenvalue weighted by atomic mass is 16.5. The molecule has 2 aromatic carbocycles. The third-order valence-corrected chi connectivity index (χ3v) is 4.20. The third kappa shape index (κ3) is 4.94. The van der Waals surface area contributed by atoms with E-state index in [4.69, 9.17) is 4.74 Å². The van der Waals surface area contributed by atoms with E-state index < -0.39 is 0 Å². The predicted molar refractivity (Wildman–Crippen MR) is 107 cm³/mol. The van der Waals surface area contributed by atoms with Crippen LogP contribution < -0.4 is 15.4 Å². The number of hydrogen-bond acceptors (Lipinski definition) is 4. The van der Waals surface area contributed by atoms with Crippen LogP contribution in [0, 0.1) is 0 Å². The van der Waals surface area contributed by atoms with Gasteiger partial charge in [-0.15, -0.1) is 0 Å². The maximum absolute atomic E-state index is 12.5. The van der Waals surface area contributed by atoms with E-state index >= 15 is 0 Å². The van der Waals surface area contributed by atoms with Gasteiger partial charge in [-0.1, -0.05) is 36.4 Å². The number of pyridine rings is 1. The fraction of sp³-hybridized carbons (Fsp3) is 0.136. The first-order valence-electron chi connectivity index (χ1n) is 8.85. The molecule has 6 nitrogen and oxygen atoms in total. The highest BCUT2D eigenvalue weighted by molar-refractivity contribution is 5.95. The van der Waals surface area contributed by atoms with Gasteiger partial charge in [-0.2, -0.15) is 0 Å². The lowest BCUT2D eigenvalue weighted by atomic mass is 10.1. The maximum atomic E-state index is 12.5. The molecule has 0 radical (unpaired) electrons. The number of ether oxygens (including phenoxy) is 1. The molecule has 0 atom stereocenters. The summed E-state index contributed by atoms with van der Waals surface area (Å²) in [6.45, 7) is 0.291. The van der Waals surface area contributed by atoms with Crippen LogP contribution in [0.5, 0.6) is 5.75 Å². The van der Waals surface area contributed by atoms with Crippen LogP contribution in [-0.2, 0) is 17.8 Å². The quantitative estimate of drug-likeness (QED) is 0.665. The van der Waals surface area contributed by atoms with Crippen LogP contribution in [0.2, 0.25) is 0 Å². The molecular weight excluding hydrogens is 354 g/mol. The van der Waals surface area contributed by atoms with Crippen molar-refractivity contribution in [2.45, 2.75) is 13.0 Å². The maximum Gasteiger partial charge on any atom is 0.253 e. The van der Waals surface area contributed by atoms with Crippen molar-refractivity contribution in [3.63, 3.8) is 0 Å². The second-order valence-electron chi connectivity index (χ2n) is 6.12. The average Bonchev–Trinajstić information content (AvgIpc) is 2.74. The molecule has 0 bridgehead atoms. The molecule has 0 fully saturated rings. The van der Waals surface area contributed by atoms with Gasteiger partial charge in [0, 0.05) is 30.2 Å². The monoisotopic (exact) mass is 375 g/mol. The normalized spacial score (nSPS) is 10.2. The zero-order valence-corrected chi connectivity index (χ0v) is 15.5. The van der Waals surface area contributed by atoms with E-state index in [1.54, 1.807) is 25.4 Å². The molecule has 2 N–H and O–H groups in total. The second-order valence-corrected chi connectivity index (χ2v) is 6.12. The number of hydrogen-bond donors (Lipinski definition) is 2. The number of methoxy groups -OCH3 is 1. The fourth-order valence-electron chi connectivity index (χ4n) is 2.79. The molecule has 0 saturated heterocycles. The van der Waals surface area contributed by atoms with Gasteiger partial charge in [-0.05, 0) is 29.8 Å². The van der Waals surface area contributed by atoms with Crippen molar-refractivity contribution in [1.82, 2.24) is 10.3 Å². The summed E-state index contributed by atoms with van der Waals surface area (Å²) in [7, 11) is 1.58. The van der Waals surface area contributed by atoms with Crippen molar-refractivity contribution in [2.75, 3.05) is 12.4 Å². The number of nitrogens with zero attached hydrogens (tertiary/aromatic N) is 1. The Bertz CT molecular complexity index is 958. The lowest BCUT2D eigenvalue weighted by Gasteiger charge is -2.13. The Morgan fingerprint density at radius 3 is 2.46 bits per heavy atom. The molecule has 0 unspecified atom stereocenters. The topological polar surface area (TPSA) is 80.3 Å². The Balaban J connectivity index is 1.65. The van der Waals surface area contributed by atoms with Crippen molar-refractivity contribution < 1.29 is 14.3 Å². The van der Waals surface area contributed by atoms with Crippen LogP contribution in [-0.4, -0.2) is 23.9 Å². The van der Waals surface area contributed by atoms with Crippen molar-refractivity contribution in [3.05, 3.63) is 89.7 Å². The summed E-state index contributed by atoms with van der Waals surface area (Å²) in [5.74, 6) is 0.299. The first kappa shape index (κ1) is 19.1. The van der Waals surface area contributed by atoms with Crippen LogP contribution in [0.4, 0.5) is 5.69 Å². The molecule has 2 amide bonds. The van der Waals surface area contributed by atoms with E-state index in [0.29, 0.717) is 23.5 Å². The Morgan fingerprint density at radius 1 is 0.964 bits per heavy atom. The van der Waals surface area contributed by atoms with Gasteiger partial charge in [0.2, 0.25) is 5.91 Å². The Kier molecular flexibility index (Phi) is 6.36. The molecule has 1 aromatic heterocycles. The van der Waals surface area contributed by atoms with E-state index in [9.17, 15) is 9.59 Å². The largest absolute Gasteiger partial charge is 0.496 e. The summed E-state index contributed by atoms with van der Waals surface area (Å²) in [6, 6.07) is 18.2. The fourth-order valence-corrected chi connectivity index (χ4v) is 2.79. The number of amides is 2. The molecule has 0 saturated carbocycles. The van der Waals surface area contributed by atoms with Crippen LogP contribution in [0.15, 0.2) is 73.1 Å². The number of anilines is 1. The Morgan fingerprint density at radius 2 is 1.71 bits per heavy atom. The van der Waals surface area contributed by atoms with Gasteiger partial charge in [-0.3, -0.25) is 14.6 Å². The Labute approximate surface area is 163 Å². The molecular formula is C22H21N3O3. The lowest BCUT2D eigenvalue weighted by molar-refractivity contribution is -0.115. The van der Waals surface area contributed by atoms with E-state index in [1.165, 1.54) is 6.20 Å². The van der Waals surface area contributed by atoms with Crippen molar-refractivity contribution in [2.24, 2.45) is 0 Å². The summed E-state index contributed by atoms with van der Waals surface area (Å²) in [4.78, 5) is 28.7.